The normalized spacial score (nSPS) is 15.4. The lowest BCUT2D eigenvalue weighted by Crippen LogP contribution is -2.39. The summed E-state index contributed by atoms with van der Waals surface area (Å²) in [4.78, 5) is 0. The first-order valence-corrected chi connectivity index (χ1v) is 6.84. The highest BCUT2D eigenvalue weighted by Gasteiger charge is 2.30. The monoisotopic (exact) mass is 229 g/mol. The van der Waals surface area contributed by atoms with Gasteiger partial charge in [0.05, 0.1) is 6.61 Å². The van der Waals surface area contributed by atoms with Crippen LogP contribution in [0, 0.1) is 11.3 Å². The van der Waals surface area contributed by atoms with Gasteiger partial charge in [-0.1, -0.05) is 47.0 Å². The summed E-state index contributed by atoms with van der Waals surface area (Å²) in [6.45, 7) is 12.3. The molecule has 1 N–H and O–H groups in total. The first kappa shape index (κ1) is 15.9. The van der Waals surface area contributed by atoms with Gasteiger partial charge in [-0.3, -0.25) is 0 Å². The zero-order chi connectivity index (χ0) is 12.4. The maximum atomic E-state index is 5.07. The summed E-state index contributed by atoms with van der Waals surface area (Å²) >= 11 is 0. The lowest BCUT2D eigenvalue weighted by molar-refractivity contribution is 0.141. The molecule has 2 nitrogen and oxygen atoms in total. The van der Waals surface area contributed by atoms with Crippen molar-refractivity contribution in [2.75, 3.05) is 26.8 Å². The highest BCUT2D eigenvalue weighted by Crippen LogP contribution is 2.36. The minimum absolute atomic E-state index is 0.450. The summed E-state index contributed by atoms with van der Waals surface area (Å²) in [5, 5.41) is 3.54. The average molecular weight is 229 g/mol. The van der Waals surface area contributed by atoms with E-state index in [0.717, 1.165) is 25.6 Å². The lowest BCUT2D eigenvalue weighted by atomic mass is 9.71. The predicted molar refractivity (Wildman–Crippen MR) is 71.8 cm³/mol. The van der Waals surface area contributed by atoms with Crippen molar-refractivity contribution in [3.8, 4) is 0 Å². The average Bonchev–Trinajstić information content (AvgIpc) is 2.26. The Bertz CT molecular complexity index is 157. The van der Waals surface area contributed by atoms with Crippen LogP contribution in [0.15, 0.2) is 0 Å². The van der Waals surface area contributed by atoms with Crippen LogP contribution in [0.25, 0.3) is 0 Å². The second-order valence-corrected chi connectivity index (χ2v) is 5.09. The maximum Gasteiger partial charge on any atom is 0.0587 e. The van der Waals surface area contributed by atoms with Gasteiger partial charge in [-0.25, -0.2) is 0 Å². The number of hydrogen-bond donors (Lipinski definition) is 1. The second kappa shape index (κ2) is 9.00. The predicted octanol–water partition coefficient (Wildman–Crippen LogP) is 3.47. The quantitative estimate of drug-likeness (QED) is 0.579. The van der Waals surface area contributed by atoms with Crippen LogP contribution in [0.2, 0.25) is 0 Å². The molecule has 1 unspecified atom stereocenters. The standard InChI is InChI=1S/C14H31NO/c1-6-9-14(4,13(7-2)8-3)12-15-10-11-16-5/h13,15H,6-12H2,1-5H3. The molecule has 0 aliphatic rings. The number of hydrogen-bond acceptors (Lipinski definition) is 2. The smallest absolute Gasteiger partial charge is 0.0587 e. The van der Waals surface area contributed by atoms with Crippen LogP contribution in [0.3, 0.4) is 0 Å². The molecule has 0 bridgehead atoms. The fourth-order valence-electron chi connectivity index (χ4n) is 2.83. The van der Waals surface area contributed by atoms with E-state index < -0.39 is 0 Å². The Morgan fingerprint density at radius 2 is 1.81 bits per heavy atom. The molecule has 0 fully saturated rings. The van der Waals surface area contributed by atoms with E-state index in [-0.39, 0.29) is 0 Å². The maximum absolute atomic E-state index is 5.07. The van der Waals surface area contributed by atoms with Gasteiger partial charge in [0.15, 0.2) is 0 Å². The Kier molecular flexibility index (Phi) is 8.96. The van der Waals surface area contributed by atoms with E-state index in [1.165, 1.54) is 25.7 Å². The molecular formula is C14H31NO. The molecule has 98 valence electrons. The molecule has 0 heterocycles. The van der Waals surface area contributed by atoms with Gasteiger partial charge >= 0.3 is 0 Å². The molecule has 0 aliphatic heterocycles. The summed E-state index contributed by atoms with van der Waals surface area (Å²) in [5.74, 6) is 0.836. The van der Waals surface area contributed by atoms with E-state index in [1.54, 1.807) is 7.11 Å². The Morgan fingerprint density at radius 3 is 2.25 bits per heavy atom. The molecule has 16 heavy (non-hydrogen) atoms. The van der Waals surface area contributed by atoms with Gasteiger partial charge in [-0.15, -0.1) is 0 Å². The van der Waals surface area contributed by atoms with Crippen molar-refractivity contribution in [3.05, 3.63) is 0 Å². The minimum Gasteiger partial charge on any atom is -0.383 e. The fraction of sp³-hybridized carbons (Fsp3) is 1.00. The third-order valence-corrected chi connectivity index (χ3v) is 3.80. The second-order valence-electron chi connectivity index (χ2n) is 5.09. The highest BCUT2D eigenvalue weighted by atomic mass is 16.5. The fourth-order valence-corrected chi connectivity index (χ4v) is 2.83. The molecule has 0 aromatic rings. The van der Waals surface area contributed by atoms with Gasteiger partial charge in [-0.2, -0.15) is 0 Å². The van der Waals surface area contributed by atoms with Gasteiger partial charge in [0.2, 0.25) is 0 Å². The van der Waals surface area contributed by atoms with E-state index in [9.17, 15) is 0 Å². The van der Waals surface area contributed by atoms with Crippen molar-refractivity contribution in [1.82, 2.24) is 5.32 Å². The van der Waals surface area contributed by atoms with Crippen molar-refractivity contribution < 1.29 is 4.74 Å². The van der Waals surface area contributed by atoms with E-state index in [1.807, 2.05) is 0 Å². The van der Waals surface area contributed by atoms with Crippen LogP contribution in [0.5, 0.6) is 0 Å². The van der Waals surface area contributed by atoms with Crippen LogP contribution >= 0.6 is 0 Å². The molecule has 0 amide bonds. The molecule has 0 aromatic heterocycles. The van der Waals surface area contributed by atoms with Crippen molar-refractivity contribution in [1.29, 1.82) is 0 Å². The number of nitrogens with one attached hydrogen (secondary N) is 1. The van der Waals surface area contributed by atoms with Gasteiger partial charge in [0.1, 0.15) is 0 Å². The first-order valence-electron chi connectivity index (χ1n) is 6.84. The van der Waals surface area contributed by atoms with Gasteiger partial charge in [0, 0.05) is 20.2 Å². The van der Waals surface area contributed by atoms with Gasteiger partial charge < -0.3 is 10.1 Å². The van der Waals surface area contributed by atoms with Crippen molar-refractivity contribution in [3.63, 3.8) is 0 Å². The molecule has 1 atom stereocenters. The zero-order valence-corrected chi connectivity index (χ0v) is 11.9. The van der Waals surface area contributed by atoms with E-state index in [2.05, 4.69) is 33.0 Å². The Morgan fingerprint density at radius 1 is 1.19 bits per heavy atom. The molecule has 0 saturated carbocycles. The number of rotatable bonds is 10. The van der Waals surface area contributed by atoms with Crippen LogP contribution in [-0.2, 0) is 4.74 Å². The summed E-state index contributed by atoms with van der Waals surface area (Å²) in [7, 11) is 1.76. The van der Waals surface area contributed by atoms with E-state index in [4.69, 9.17) is 4.74 Å². The first-order chi connectivity index (χ1) is 7.64. The molecule has 0 aromatic carbocycles. The van der Waals surface area contributed by atoms with Crippen LogP contribution in [-0.4, -0.2) is 26.8 Å². The third kappa shape index (κ3) is 5.31. The Labute approximate surface area is 102 Å². The van der Waals surface area contributed by atoms with Gasteiger partial charge in [-0.05, 0) is 17.8 Å². The van der Waals surface area contributed by atoms with Crippen LogP contribution < -0.4 is 5.32 Å². The molecule has 0 aliphatic carbocycles. The molecule has 0 saturated heterocycles. The molecule has 0 radical (unpaired) electrons. The summed E-state index contributed by atoms with van der Waals surface area (Å²) in [5.41, 5.74) is 0.450. The lowest BCUT2D eigenvalue weighted by Gasteiger charge is -2.37. The summed E-state index contributed by atoms with van der Waals surface area (Å²) in [6.07, 6.45) is 5.18. The largest absolute Gasteiger partial charge is 0.383 e. The molecular weight excluding hydrogens is 198 g/mol. The van der Waals surface area contributed by atoms with Crippen molar-refractivity contribution in [2.24, 2.45) is 11.3 Å². The van der Waals surface area contributed by atoms with Crippen LogP contribution in [0.1, 0.15) is 53.4 Å². The topological polar surface area (TPSA) is 21.3 Å². The third-order valence-electron chi connectivity index (χ3n) is 3.80. The van der Waals surface area contributed by atoms with Crippen molar-refractivity contribution in [2.45, 2.75) is 53.4 Å². The Balaban J connectivity index is 4.19. The Hall–Kier alpha value is -0.0800. The van der Waals surface area contributed by atoms with Crippen molar-refractivity contribution >= 4 is 0 Å². The SMILES string of the molecule is CCCC(C)(CNCCOC)C(CC)CC. The van der Waals surface area contributed by atoms with Gasteiger partial charge in [0.25, 0.3) is 0 Å². The number of methoxy groups -OCH3 is 1. The number of ether oxygens (including phenoxy) is 1. The van der Waals surface area contributed by atoms with E-state index in [0.29, 0.717) is 5.41 Å². The van der Waals surface area contributed by atoms with Crippen LogP contribution in [0.4, 0.5) is 0 Å². The molecule has 2 heteroatoms. The summed E-state index contributed by atoms with van der Waals surface area (Å²) < 4.78 is 5.07. The molecule has 0 spiro atoms. The zero-order valence-electron chi connectivity index (χ0n) is 11.9. The van der Waals surface area contributed by atoms with E-state index >= 15 is 0 Å². The minimum atomic E-state index is 0.450. The molecule has 0 rings (SSSR count). The summed E-state index contributed by atoms with van der Waals surface area (Å²) in [6, 6.07) is 0. The highest BCUT2D eigenvalue weighted by molar-refractivity contribution is 4.83.